The first-order chi connectivity index (χ1) is 8.82. The first kappa shape index (κ1) is 14.5. The maximum Gasteiger partial charge on any atom is 0.420 e. The topological polar surface area (TPSA) is 29.6 Å². The third-order valence-corrected chi connectivity index (χ3v) is 5.31. The summed E-state index contributed by atoms with van der Waals surface area (Å²) in [6, 6.07) is 6.71. The lowest BCUT2D eigenvalue weighted by atomic mass is 10.0. The SMILES string of the molecule is CC[C@@H](S(=O)c1ccc(C)cc1)[C@@]1(C(F)(F)F)CO1. The van der Waals surface area contributed by atoms with E-state index in [0.717, 1.165) is 5.56 Å². The van der Waals surface area contributed by atoms with Crippen LogP contribution in [0.15, 0.2) is 29.2 Å². The zero-order valence-corrected chi connectivity index (χ0v) is 11.5. The third kappa shape index (κ3) is 2.56. The highest BCUT2D eigenvalue weighted by atomic mass is 32.2. The van der Waals surface area contributed by atoms with Crippen molar-refractivity contribution >= 4 is 10.8 Å². The molecule has 1 heterocycles. The van der Waals surface area contributed by atoms with E-state index in [2.05, 4.69) is 4.74 Å². The van der Waals surface area contributed by atoms with Crippen LogP contribution in [0.5, 0.6) is 0 Å². The van der Waals surface area contributed by atoms with Crippen LogP contribution in [0, 0.1) is 6.92 Å². The molecule has 106 valence electrons. The number of hydrogen-bond acceptors (Lipinski definition) is 2. The van der Waals surface area contributed by atoms with Crippen LogP contribution in [0.2, 0.25) is 0 Å². The molecule has 0 radical (unpaired) electrons. The third-order valence-electron chi connectivity index (χ3n) is 3.34. The molecule has 0 spiro atoms. The number of aryl methyl sites for hydroxylation is 1. The number of ether oxygens (including phenoxy) is 1. The Balaban J connectivity index is 2.28. The molecular weight excluding hydrogens is 277 g/mol. The molecule has 6 heteroatoms. The van der Waals surface area contributed by atoms with Crippen LogP contribution in [0.25, 0.3) is 0 Å². The zero-order chi connectivity index (χ0) is 14.3. The number of epoxide rings is 1. The standard InChI is InChI=1S/C13H15F3O2S/c1-3-11(12(8-18-12)13(14,15)16)19(17)10-6-4-9(2)5-7-10/h4-7,11H,3,8H2,1-2H3/t11-,12-,19?/m1/s1. The number of rotatable bonds is 4. The van der Waals surface area contributed by atoms with Gasteiger partial charge in [0.2, 0.25) is 5.60 Å². The second-order valence-electron chi connectivity index (χ2n) is 4.68. The van der Waals surface area contributed by atoms with E-state index >= 15 is 0 Å². The van der Waals surface area contributed by atoms with Gasteiger partial charge in [-0.05, 0) is 25.5 Å². The van der Waals surface area contributed by atoms with Crippen molar-refractivity contribution in [3.63, 3.8) is 0 Å². The average Bonchev–Trinajstić information content (AvgIpc) is 3.11. The summed E-state index contributed by atoms with van der Waals surface area (Å²) < 4.78 is 56.1. The minimum Gasteiger partial charge on any atom is -0.359 e. The van der Waals surface area contributed by atoms with Crippen molar-refractivity contribution in [2.75, 3.05) is 6.61 Å². The van der Waals surface area contributed by atoms with Gasteiger partial charge < -0.3 is 4.74 Å². The summed E-state index contributed by atoms with van der Waals surface area (Å²) in [5, 5.41) is -1.06. The van der Waals surface area contributed by atoms with Crippen LogP contribution in [-0.2, 0) is 15.5 Å². The lowest BCUT2D eigenvalue weighted by Crippen LogP contribution is -2.45. The van der Waals surface area contributed by atoms with E-state index in [1.165, 1.54) is 0 Å². The number of benzene rings is 1. The second kappa shape index (κ2) is 4.90. The molecule has 0 aromatic heterocycles. The summed E-state index contributed by atoms with van der Waals surface area (Å²) in [7, 11) is -1.73. The first-order valence-corrected chi connectivity index (χ1v) is 7.21. The molecule has 0 N–H and O–H groups in total. The van der Waals surface area contributed by atoms with Crippen molar-refractivity contribution in [2.24, 2.45) is 0 Å². The van der Waals surface area contributed by atoms with Gasteiger partial charge in [0.05, 0.1) is 22.7 Å². The van der Waals surface area contributed by atoms with E-state index in [0.29, 0.717) is 4.90 Å². The van der Waals surface area contributed by atoms with Crippen molar-refractivity contribution in [3.05, 3.63) is 29.8 Å². The van der Waals surface area contributed by atoms with E-state index < -0.39 is 34.4 Å². The van der Waals surface area contributed by atoms with E-state index in [4.69, 9.17) is 0 Å². The van der Waals surface area contributed by atoms with Gasteiger partial charge in [0, 0.05) is 4.90 Å². The van der Waals surface area contributed by atoms with Gasteiger partial charge in [-0.25, -0.2) is 0 Å². The van der Waals surface area contributed by atoms with Gasteiger partial charge in [-0.1, -0.05) is 24.6 Å². The summed E-state index contributed by atoms with van der Waals surface area (Å²) >= 11 is 0. The lowest BCUT2D eigenvalue weighted by molar-refractivity contribution is -0.184. The van der Waals surface area contributed by atoms with Crippen LogP contribution in [0.3, 0.4) is 0 Å². The molecule has 1 aromatic carbocycles. The summed E-state index contributed by atoms with van der Waals surface area (Å²) in [6.07, 6.45) is -4.33. The van der Waals surface area contributed by atoms with Crippen molar-refractivity contribution in [3.8, 4) is 0 Å². The van der Waals surface area contributed by atoms with Crippen LogP contribution in [-0.4, -0.2) is 27.8 Å². The van der Waals surface area contributed by atoms with E-state index in [1.807, 2.05) is 6.92 Å². The summed E-state index contributed by atoms with van der Waals surface area (Å²) in [5.74, 6) is 0. The summed E-state index contributed by atoms with van der Waals surface area (Å²) in [5.41, 5.74) is -1.25. The summed E-state index contributed by atoms with van der Waals surface area (Å²) in [4.78, 5) is 0.413. The van der Waals surface area contributed by atoms with Gasteiger partial charge in [0.25, 0.3) is 0 Å². The largest absolute Gasteiger partial charge is 0.420 e. The molecule has 3 atom stereocenters. The number of halogens is 3. The Morgan fingerprint density at radius 3 is 2.26 bits per heavy atom. The monoisotopic (exact) mass is 292 g/mol. The lowest BCUT2D eigenvalue weighted by Gasteiger charge is -2.24. The molecule has 19 heavy (non-hydrogen) atoms. The molecule has 2 nitrogen and oxygen atoms in total. The first-order valence-electron chi connectivity index (χ1n) is 6.00. The quantitative estimate of drug-likeness (QED) is 0.798. The molecule has 0 amide bonds. The van der Waals surface area contributed by atoms with Gasteiger partial charge in [0.1, 0.15) is 0 Å². The molecule has 0 aliphatic carbocycles. The predicted octanol–water partition coefficient (Wildman–Crippen LogP) is 3.21. The van der Waals surface area contributed by atoms with Crippen molar-refractivity contribution in [1.29, 1.82) is 0 Å². The Morgan fingerprint density at radius 2 is 1.89 bits per heavy atom. The number of hydrogen-bond donors (Lipinski definition) is 0. The van der Waals surface area contributed by atoms with E-state index in [9.17, 15) is 17.4 Å². The molecule has 1 aliphatic rings. The molecule has 1 saturated heterocycles. The molecule has 2 rings (SSSR count). The van der Waals surface area contributed by atoms with Crippen LogP contribution >= 0.6 is 0 Å². The van der Waals surface area contributed by atoms with Crippen molar-refractivity contribution < 1.29 is 22.1 Å². The Kier molecular flexibility index (Phi) is 3.75. The van der Waals surface area contributed by atoms with E-state index in [-0.39, 0.29) is 6.42 Å². The van der Waals surface area contributed by atoms with Gasteiger partial charge >= 0.3 is 6.18 Å². The molecule has 0 bridgehead atoms. The highest BCUT2D eigenvalue weighted by molar-refractivity contribution is 7.85. The van der Waals surface area contributed by atoms with Crippen LogP contribution in [0.1, 0.15) is 18.9 Å². The fourth-order valence-electron chi connectivity index (χ4n) is 2.10. The van der Waals surface area contributed by atoms with Crippen molar-refractivity contribution in [1.82, 2.24) is 0 Å². The van der Waals surface area contributed by atoms with Crippen LogP contribution < -0.4 is 0 Å². The van der Waals surface area contributed by atoms with Gasteiger partial charge in [-0.2, -0.15) is 13.2 Å². The molecular formula is C13H15F3O2S. The van der Waals surface area contributed by atoms with Gasteiger partial charge in [0.15, 0.2) is 0 Å². The van der Waals surface area contributed by atoms with E-state index in [1.54, 1.807) is 31.2 Å². The molecule has 1 aliphatic heterocycles. The van der Waals surface area contributed by atoms with Crippen molar-refractivity contribution in [2.45, 2.75) is 42.2 Å². The maximum absolute atomic E-state index is 13.0. The zero-order valence-electron chi connectivity index (χ0n) is 10.7. The smallest absolute Gasteiger partial charge is 0.359 e. The predicted molar refractivity (Wildman–Crippen MR) is 66.4 cm³/mol. The van der Waals surface area contributed by atoms with Gasteiger partial charge in [-0.15, -0.1) is 0 Å². The minimum absolute atomic E-state index is 0.153. The Hall–Kier alpha value is -0.880. The number of alkyl halides is 3. The molecule has 1 fully saturated rings. The minimum atomic E-state index is -4.48. The Labute approximate surface area is 112 Å². The normalized spacial score (nSPS) is 25.9. The molecule has 1 aromatic rings. The molecule has 1 unspecified atom stereocenters. The highest BCUT2D eigenvalue weighted by Gasteiger charge is 2.71. The summed E-state index contributed by atoms with van der Waals surface area (Å²) in [6.45, 7) is 3.07. The average molecular weight is 292 g/mol. The molecule has 0 saturated carbocycles. The fraction of sp³-hybridized carbons (Fsp3) is 0.538. The van der Waals surface area contributed by atoms with Gasteiger partial charge in [-0.3, -0.25) is 4.21 Å². The maximum atomic E-state index is 13.0. The Bertz CT molecular complexity index is 478. The second-order valence-corrected chi connectivity index (χ2v) is 6.32. The highest BCUT2D eigenvalue weighted by Crippen LogP contribution is 2.49. The fourth-order valence-corrected chi connectivity index (χ4v) is 3.75. The Morgan fingerprint density at radius 1 is 1.37 bits per heavy atom. The van der Waals surface area contributed by atoms with Crippen LogP contribution in [0.4, 0.5) is 13.2 Å².